The summed E-state index contributed by atoms with van der Waals surface area (Å²) >= 11 is 1.53. The minimum absolute atomic E-state index is 0.672. The minimum atomic E-state index is 0.672. The molecule has 3 aromatic rings. The van der Waals surface area contributed by atoms with Gasteiger partial charge in [-0.15, -0.1) is 5.10 Å². The van der Waals surface area contributed by atoms with Crippen molar-refractivity contribution in [1.82, 2.24) is 25.4 Å². The third-order valence-corrected chi connectivity index (χ3v) is 4.23. The van der Waals surface area contributed by atoms with Gasteiger partial charge in [0.2, 0.25) is 5.16 Å². The molecule has 7 heteroatoms. The van der Waals surface area contributed by atoms with E-state index in [1.807, 2.05) is 6.07 Å². The van der Waals surface area contributed by atoms with Crippen molar-refractivity contribution >= 4 is 11.8 Å². The van der Waals surface area contributed by atoms with Crippen LogP contribution >= 0.6 is 11.8 Å². The zero-order valence-corrected chi connectivity index (χ0v) is 13.2. The highest BCUT2D eigenvalue weighted by molar-refractivity contribution is 7.98. The molecule has 0 atom stereocenters. The molecule has 0 amide bonds. The van der Waals surface area contributed by atoms with Crippen LogP contribution in [0.1, 0.15) is 31.0 Å². The number of hydrogen-bond acceptors (Lipinski definition) is 6. The third-order valence-electron chi connectivity index (χ3n) is 3.28. The van der Waals surface area contributed by atoms with Gasteiger partial charge in [-0.2, -0.15) is 4.68 Å². The lowest BCUT2D eigenvalue weighted by Gasteiger charge is -2.05. The van der Waals surface area contributed by atoms with Crippen LogP contribution in [0.2, 0.25) is 0 Å². The molecule has 0 spiro atoms. The van der Waals surface area contributed by atoms with Gasteiger partial charge in [0.15, 0.2) is 0 Å². The molecule has 1 aromatic carbocycles. The van der Waals surface area contributed by atoms with Gasteiger partial charge in [0.1, 0.15) is 6.26 Å². The number of unbranched alkanes of at least 4 members (excludes halogenated alkanes) is 1. The predicted octanol–water partition coefficient (Wildman–Crippen LogP) is 3.29. The van der Waals surface area contributed by atoms with Crippen molar-refractivity contribution in [3.05, 3.63) is 47.9 Å². The summed E-state index contributed by atoms with van der Waals surface area (Å²) in [5, 5.41) is 16.5. The molecule has 0 bridgehead atoms. The van der Waals surface area contributed by atoms with Crippen molar-refractivity contribution in [2.75, 3.05) is 0 Å². The number of benzene rings is 1. The molecule has 3 rings (SSSR count). The lowest BCUT2D eigenvalue weighted by Crippen LogP contribution is -1.99. The van der Waals surface area contributed by atoms with Crippen molar-refractivity contribution < 1.29 is 4.52 Å². The van der Waals surface area contributed by atoms with Crippen LogP contribution in [0, 0.1) is 0 Å². The molecule has 0 aliphatic carbocycles. The van der Waals surface area contributed by atoms with E-state index < -0.39 is 0 Å². The summed E-state index contributed by atoms with van der Waals surface area (Å²) in [6.07, 6.45) is 5.09. The molecule has 0 aliphatic rings. The lowest BCUT2D eigenvalue weighted by molar-refractivity contribution is 0.414. The van der Waals surface area contributed by atoms with Crippen molar-refractivity contribution in [2.24, 2.45) is 0 Å². The van der Waals surface area contributed by atoms with Gasteiger partial charge < -0.3 is 4.52 Å². The average Bonchev–Trinajstić information content (AvgIpc) is 3.22. The highest BCUT2D eigenvalue weighted by Gasteiger charge is 2.10. The van der Waals surface area contributed by atoms with Crippen LogP contribution in [-0.4, -0.2) is 25.4 Å². The third kappa shape index (κ3) is 3.54. The van der Waals surface area contributed by atoms with Gasteiger partial charge in [0.25, 0.3) is 0 Å². The first kappa shape index (κ1) is 14.8. The van der Waals surface area contributed by atoms with Crippen LogP contribution < -0.4 is 0 Å². The van der Waals surface area contributed by atoms with Gasteiger partial charge in [-0.1, -0.05) is 42.4 Å². The second-order valence-electron chi connectivity index (χ2n) is 4.92. The summed E-state index contributed by atoms with van der Waals surface area (Å²) in [6.45, 7) is 2.20. The molecular weight excluding hydrogens is 298 g/mol. The number of aromatic nitrogens is 5. The Hall–Kier alpha value is -2.15. The molecule has 0 saturated heterocycles. The fraction of sp³-hybridized carbons (Fsp3) is 0.333. The van der Waals surface area contributed by atoms with Gasteiger partial charge in [-0.25, -0.2) is 0 Å². The van der Waals surface area contributed by atoms with E-state index in [1.165, 1.54) is 30.2 Å². The van der Waals surface area contributed by atoms with Crippen molar-refractivity contribution in [1.29, 1.82) is 0 Å². The highest BCUT2D eigenvalue weighted by Crippen LogP contribution is 2.22. The standard InChI is InChI=1S/C15H17N5OS/c1-2-3-4-12-5-7-14(8-6-12)20-15(16-18-19-20)22-11-13-9-10-21-17-13/h5-10H,2-4,11H2,1H3. The number of nitrogens with zero attached hydrogens (tertiary/aromatic N) is 5. The van der Waals surface area contributed by atoms with E-state index in [1.54, 1.807) is 10.9 Å². The van der Waals surface area contributed by atoms with Gasteiger partial charge in [-0.3, -0.25) is 0 Å². The molecule has 114 valence electrons. The fourth-order valence-electron chi connectivity index (χ4n) is 2.07. The lowest BCUT2D eigenvalue weighted by atomic mass is 10.1. The summed E-state index contributed by atoms with van der Waals surface area (Å²) in [5.74, 6) is 0.672. The monoisotopic (exact) mass is 315 g/mol. The number of aryl methyl sites for hydroxylation is 1. The van der Waals surface area contributed by atoms with E-state index in [-0.39, 0.29) is 0 Å². The quantitative estimate of drug-likeness (QED) is 0.623. The normalized spacial score (nSPS) is 11.0. The molecule has 6 nitrogen and oxygen atoms in total. The molecule has 0 N–H and O–H groups in total. The topological polar surface area (TPSA) is 69.6 Å². The van der Waals surface area contributed by atoms with E-state index in [2.05, 4.69) is 51.9 Å². The zero-order chi connectivity index (χ0) is 15.2. The van der Waals surface area contributed by atoms with Crippen LogP contribution in [0.4, 0.5) is 0 Å². The fourth-order valence-corrected chi connectivity index (χ4v) is 2.85. The van der Waals surface area contributed by atoms with Crippen LogP contribution in [-0.2, 0) is 12.2 Å². The summed E-state index contributed by atoms with van der Waals surface area (Å²) in [4.78, 5) is 0. The smallest absolute Gasteiger partial charge is 0.214 e. The first-order chi connectivity index (χ1) is 10.9. The maximum atomic E-state index is 4.82. The van der Waals surface area contributed by atoms with Gasteiger partial charge in [0.05, 0.1) is 11.4 Å². The second-order valence-corrected chi connectivity index (χ2v) is 5.87. The van der Waals surface area contributed by atoms with Gasteiger partial charge in [-0.05, 0) is 41.0 Å². The Kier molecular flexibility index (Phi) is 4.85. The summed E-state index contributed by atoms with van der Waals surface area (Å²) in [5.41, 5.74) is 3.18. The zero-order valence-electron chi connectivity index (χ0n) is 12.3. The Morgan fingerprint density at radius 2 is 2.05 bits per heavy atom. The number of thioether (sulfide) groups is 1. The molecule has 22 heavy (non-hydrogen) atoms. The van der Waals surface area contributed by atoms with Crippen molar-refractivity contribution in [3.63, 3.8) is 0 Å². The Labute approximate surface area is 132 Å². The Balaban J connectivity index is 1.70. The molecular formula is C15H17N5OS. The van der Waals surface area contributed by atoms with Gasteiger partial charge in [0, 0.05) is 11.8 Å². The van der Waals surface area contributed by atoms with Crippen LogP contribution in [0.15, 0.2) is 46.3 Å². The van der Waals surface area contributed by atoms with E-state index in [4.69, 9.17) is 4.52 Å². The van der Waals surface area contributed by atoms with E-state index >= 15 is 0 Å². The summed E-state index contributed by atoms with van der Waals surface area (Å²) < 4.78 is 6.57. The van der Waals surface area contributed by atoms with E-state index in [0.29, 0.717) is 5.75 Å². The number of hydrogen-bond donors (Lipinski definition) is 0. The van der Waals surface area contributed by atoms with Crippen LogP contribution in [0.3, 0.4) is 0 Å². The molecule has 2 aromatic heterocycles. The average molecular weight is 315 g/mol. The Morgan fingerprint density at radius 1 is 1.18 bits per heavy atom. The first-order valence-corrected chi connectivity index (χ1v) is 8.25. The van der Waals surface area contributed by atoms with Gasteiger partial charge >= 0.3 is 0 Å². The predicted molar refractivity (Wildman–Crippen MR) is 83.8 cm³/mol. The van der Waals surface area contributed by atoms with E-state index in [0.717, 1.165) is 23.0 Å². The van der Waals surface area contributed by atoms with Crippen LogP contribution in [0.5, 0.6) is 0 Å². The van der Waals surface area contributed by atoms with Crippen LogP contribution in [0.25, 0.3) is 5.69 Å². The molecule has 2 heterocycles. The Bertz CT molecular complexity index is 693. The van der Waals surface area contributed by atoms with E-state index in [9.17, 15) is 0 Å². The maximum absolute atomic E-state index is 4.82. The second kappa shape index (κ2) is 7.22. The molecule has 0 saturated carbocycles. The summed E-state index contributed by atoms with van der Waals surface area (Å²) in [7, 11) is 0. The number of rotatable bonds is 7. The maximum Gasteiger partial charge on any atom is 0.214 e. The molecule has 0 fully saturated rings. The first-order valence-electron chi connectivity index (χ1n) is 7.26. The Morgan fingerprint density at radius 3 is 2.77 bits per heavy atom. The largest absolute Gasteiger partial charge is 0.364 e. The number of tetrazole rings is 1. The van der Waals surface area contributed by atoms with Crippen molar-refractivity contribution in [3.8, 4) is 5.69 Å². The minimum Gasteiger partial charge on any atom is -0.364 e. The summed E-state index contributed by atoms with van der Waals surface area (Å²) in [6, 6.07) is 10.2. The molecule has 0 unspecified atom stereocenters. The molecule has 0 radical (unpaired) electrons. The highest BCUT2D eigenvalue weighted by atomic mass is 32.2. The van der Waals surface area contributed by atoms with Crippen molar-refractivity contribution in [2.45, 2.75) is 37.1 Å². The SMILES string of the molecule is CCCCc1ccc(-n2nnnc2SCc2ccon2)cc1. The molecule has 0 aliphatic heterocycles.